The minimum Gasteiger partial charge on any atom is -0.337 e. The van der Waals surface area contributed by atoms with Gasteiger partial charge in [0.05, 0.1) is 23.6 Å². The maximum atomic E-state index is 12.8. The number of imide groups is 1. The highest BCUT2D eigenvalue weighted by Crippen LogP contribution is 2.38. The van der Waals surface area contributed by atoms with E-state index in [-0.39, 0.29) is 42.1 Å². The van der Waals surface area contributed by atoms with Crippen LogP contribution < -0.4 is 0 Å². The van der Waals surface area contributed by atoms with Crippen LogP contribution in [0.5, 0.6) is 0 Å². The van der Waals surface area contributed by atoms with E-state index in [4.69, 9.17) is 0 Å². The SMILES string of the molecule is CC(c1ccc(-n2cncn2)cc1)N(C)C(=O)CN1C(=O)C2CCCCC2C1=O. The first kappa shape index (κ1) is 19.3. The monoisotopic (exact) mass is 395 g/mol. The van der Waals surface area contributed by atoms with Gasteiger partial charge < -0.3 is 4.90 Å². The molecule has 1 saturated carbocycles. The van der Waals surface area contributed by atoms with E-state index >= 15 is 0 Å². The Morgan fingerprint density at radius 1 is 1.14 bits per heavy atom. The fraction of sp³-hybridized carbons (Fsp3) is 0.476. The number of rotatable bonds is 5. The summed E-state index contributed by atoms with van der Waals surface area (Å²) in [4.78, 5) is 44.8. The quantitative estimate of drug-likeness (QED) is 0.722. The number of carbonyl (C=O) groups excluding carboxylic acids is 3. The molecule has 8 nitrogen and oxygen atoms in total. The molecular weight excluding hydrogens is 370 g/mol. The van der Waals surface area contributed by atoms with Gasteiger partial charge in [0.25, 0.3) is 0 Å². The molecule has 0 radical (unpaired) electrons. The van der Waals surface area contributed by atoms with E-state index in [0.717, 1.165) is 36.9 Å². The second-order valence-electron chi connectivity index (χ2n) is 7.87. The molecule has 2 fully saturated rings. The molecule has 1 saturated heterocycles. The van der Waals surface area contributed by atoms with E-state index in [9.17, 15) is 14.4 Å². The van der Waals surface area contributed by atoms with Crippen molar-refractivity contribution in [2.24, 2.45) is 11.8 Å². The van der Waals surface area contributed by atoms with Crippen molar-refractivity contribution in [1.82, 2.24) is 24.6 Å². The molecule has 3 atom stereocenters. The van der Waals surface area contributed by atoms with Crippen molar-refractivity contribution >= 4 is 17.7 Å². The lowest BCUT2D eigenvalue weighted by Crippen LogP contribution is -2.42. The van der Waals surface area contributed by atoms with Gasteiger partial charge in [-0.05, 0) is 37.5 Å². The third kappa shape index (κ3) is 3.54. The van der Waals surface area contributed by atoms with Crippen LogP contribution >= 0.6 is 0 Å². The Morgan fingerprint density at radius 2 is 1.76 bits per heavy atom. The van der Waals surface area contributed by atoms with Gasteiger partial charge in [-0.2, -0.15) is 5.10 Å². The van der Waals surface area contributed by atoms with Crippen LogP contribution in [0.1, 0.15) is 44.2 Å². The van der Waals surface area contributed by atoms with Crippen molar-refractivity contribution in [2.45, 2.75) is 38.6 Å². The highest BCUT2D eigenvalue weighted by atomic mass is 16.2. The number of nitrogens with zero attached hydrogens (tertiary/aromatic N) is 5. The Labute approximate surface area is 169 Å². The second-order valence-corrected chi connectivity index (χ2v) is 7.87. The van der Waals surface area contributed by atoms with E-state index in [2.05, 4.69) is 10.1 Å². The highest BCUT2D eigenvalue weighted by Gasteiger charge is 2.48. The van der Waals surface area contributed by atoms with Crippen LogP contribution in [-0.2, 0) is 14.4 Å². The lowest BCUT2D eigenvalue weighted by molar-refractivity contribution is -0.146. The summed E-state index contributed by atoms with van der Waals surface area (Å²) in [6, 6.07) is 7.51. The van der Waals surface area contributed by atoms with Crippen molar-refractivity contribution < 1.29 is 14.4 Å². The van der Waals surface area contributed by atoms with Gasteiger partial charge in [-0.15, -0.1) is 0 Å². The molecule has 152 valence electrons. The highest BCUT2D eigenvalue weighted by molar-refractivity contribution is 6.07. The Kier molecular flexibility index (Phi) is 5.17. The van der Waals surface area contributed by atoms with Crippen LogP contribution in [0.4, 0.5) is 0 Å². The number of benzene rings is 1. The van der Waals surface area contributed by atoms with Crippen LogP contribution in [-0.4, -0.2) is 55.9 Å². The summed E-state index contributed by atoms with van der Waals surface area (Å²) in [5, 5.41) is 4.10. The summed E-state index contributed by atoms with van der Waals surface area (Å²) in [7, 11) is 1.70. The number of hydrogen-bond acceptors (Lipinski definition) is 5. The Morgan fingerprint density at radius 3 is 2.31 bits per heavy atom. The van der Waals surface area contributed by atoms with Crippen molar-refractivity contribution in [2.75, 3.05) is 13.6 Å². The number of likely N-dealkylation sites (tertiary alicyclic amines) is 1. The van der Waals surface area contributed by atoms with E-state index in [0.29, 0.717) is 0 Å². The molecule has 1 aromatic heterocycles. The summed E-state index contributed by atoms with van der Waals surface area (Å²) in [6.07, 6.45) is 6.55. The van der Waals surface area contributed by atoms with E-state index in [1.807, 2.05) is 31.2 Å². The van der Waals surface area contributed by atoms with Gasteiger partial charge in [-0.1, -0.05) is 25.0 Å². The van der Waals surface area contributed by atoms with Gasteiger partial charge >= 0.3 is 0 Å². The zero-order valence-electron chi connectivity index (χ0n) is 16.7. The summed E-state index contributed by atoms with van der Waals surface area (Å²) < 4.78 is 1.66. The molecule has 1 aromatic carbocycles. The molecular formula is C21H25N5O3. The first-order valence-corrected chi connectivity index (χ1v) is 10.0. The Hall–Kier alpha value is -3.03. The van der Waals surface area contributed by atoms with Crippen LogP contribution in [0.25, 0.3) is 5.69 Å². The molecule has 3 amide bonds. The molecule has 1 aliphatic carbocycles. The molecule has 0 N–H and O–H groups in total. The standard InChI is InChI=1S/C21H25N5O3/c1-14(15-7-9-16(10-8-15)26-13-22-12-23-26)24(2)19(27)11-25-20(28)17-5-3-4-6-18(17)21(25)29/h7-10,12-14,17-18H,3-6,11H2,1-2H3. The molecule has 3 unspecified atom stereocenters. The van der Waals surface area contributed by atoms with E-state index in [1.54, 1.807) is 23.0 Å². The Bertz CT molecular complexity index is 885. The third-order valence-electron chi connectivity index (χ3n) is 6.26. The fourth-order valence-electron chi connectivity index (χ4n) is 4.32. The number of fused-ring (bicyclic) bond motifs is 1. The lowest BCUT2D eigenvalue weighted by atomic mass is 9.81. The first-order valence-electron chi connectivity index (χ1n) is 10.0. The zero-order valence-corrected chi connectivity index (χ0v) is 16.7. The van der Waals surface area contributed by atoms with Gasteiger partial charge in [-0.25, -0.2) is 9.67 Å². The summed E-state index contributed by atoms with van der Waals surface area (Å²) in [6.45, 7) is 1.75. The zero-order chi connectivity index (χ0) is 20.5. The summed E-state index contributed by atoms with van der Waals surface area (Å²) >= 11 is 0. The molecule has 1 aliphatic heterocycles. The smallest absolute Gasteiger partial charge is 0.242 e. The van der Waals surface area contributed by atoms with Crippen molar-refractivity contribution in [3.63, 3.8) is 0 Å². The molecule has 0 bridgehead atoms. The fourth-order valence-corrected chi connectivity index (χ4v) is 4.32. The van der Waals surface area contributed by atoms with E-state index < -0.39 is 0 Å². The summed E-state index contributed by atoms with van der Waals surface area (Å²) in [5.41, 5.74) is 1.83. The molecule has 4 rings (SSSR count). The number of aromatic nitrogens is 3. The molecule has 0 spiro atoms. The van der Waals surface area contributed by atoms with Gasteiger partial charge in [0.2, 0.25) is 17.7 Å². The largest absolute Gasteiger partial charge is 0.337 e. The molecule has 2 aromatic rings. The van der Waals surface area contributed by atoms with Crippen LogP contribution in [0.15, 0.2) is 36.9 Å². The first-order chi connectivity index (χ1) is 14.0. The minimum absolute atomic E-state index is 0.175. The number of carbonyl (C=O) groups is 3. The normalized spacial score (nSPS) is 22.5. The van der Waals surface area contributed by atoms with Crippen LogP contribution in [0.2, 0.25) is 0 Å². The van der Waals surface area contributed by atoms with Crippen LogP contribution in [0.3, 0.4) is 0 Å². The molecule has 29 heavy (non-hydrogen) atoms. The molecule has 2 aliphatic rings. The number of hydrogen-bond donors (Lipinski definition) is 0. The topological polar surface area (TPSA) is 88.4 Å². The Balaban J connectivity index is 1.42. The van der Waals surface area contributed by atoms with Gasteiger partial charge in [0.15, 0.2) is 0 Å². The van der Waals surface area contributed by atoms with E-state index in [1.165, 1.54) is 11.2 Å². The number of amides is 3. The summed E-state index contributed by atoms with van der Waals surface area (Å²) in [5.74, 6) is -1.04. The maximum Gasteiger partial charge on any atom is 0.242 e. The van der Waals surface area contributed by atoms with Gasteiger partial charge in [-0.3, -0.25) is 19.3 Å². The average molecular weight is 395 g/mol. The number of likely N-dealkylation sites (N-methyl/N-ethyl adjacent to an activating group) is 1. The second kappa shape index (κ2) is 7.77. The lowest BCUT2D eigenvalue weighted by Gasteiger charge is -2.27. The van der Waals surface area contributed by atoms with Crippen LogP contribution in [0, 0.1) is 11.8 Å². The van der Waals surface area contributed by atoms with Crippen molar-refractivity contribution in [1.29, 1.82) is 0 Å². The molecule has 8 heteroatoms. The third-order valence-corrected chi connectivity index (χ3v) is 6.26. The van der Waals surface area contributed by atoms with Crippen molar-refractivity contribution in [3.05, 3.63) is 42.5 Å². The predicted octanol–water partition coefficient (Wildman–Crippen LogP) is 1.96. The van der Waals surface area contributed by atoms with Crippen molar-refractivity contribution in [3.8, 4) is 5.69 Å². The van der Waals surface area contributed by atoms with Gasteiger partial charge in [0, 0.05) is 7.05 Å². The average Bonchev–Trinajstić information content (AvgIpc) is 3.37. The molecule has 2 heterocycles. The predicted molar refractivity (Wildman–Crippen MR) is 105 cm³/mol. The van der Waals surface area contributed by atoms with Gasteiger partial charge in [0.1, 0.15) is 19.2 Å². The minimum atomic E-state index is -0.238. The maximum absolute atomic E-state index is 12.8.